The fourth-order valence-electron chi connectivity index (χ4n) is 1.03. The third kappa shape index (κ3) is 1.39. The molecule has 1 aromatic rings. The zero-order chi connectivity index (χ0) is 9.30. The number of aromatic carboxylic acids is 1. The summed E-state index contributed by atoms with van der Waals surface area (Å²) in [5.74, 6) is -0.826. The van der Waals surface area contributed by atoms with Gasteiger partial charge >= 0.3 is 5.97 Å². The SMILES string of the molecule is Cc1cc(C(=O)O)c(C)cc1O. The Hall–Kier alpha value is -1.51. The Labute approximate surface area is 70.3 Å². The first kappa shape index (κ1) is 8.59. The van der Waals surface area contributed by atoms with Crippen molar-refractivity contribution in [2.45, 2.75) is 13.8 Å². The van der Waals surface area contributed by atoms with Crippen molar-refractivity contribution in [1.29, 1.82) is 0 Å². The second kappa shape index (κ2) is 2.85. The molecule has 0 saturated carbocycles. The van der Waals surface area contributed by atoms with Crippen molar-refractivity contribution in [2.75, 3.05) is 0 Å². The predicted molar refractivity (Wildman–Crippen MR) is 44.5 cm³/mol. The zero-order valence-corrected chi connectivity index (χ0v) is 6.96. The van der Waals surface area contributed by atoms with E-state index in [0.29, 0.717) is 11.1 Å². The van der Waals surface area contributed by atoms with Crippen LogP contribution in [-0.4, -0.2) is 16.2 Å². The summed E-state index contributed by atoms with van der Waals surface area (Å²) in [6.45, 7) is 3.32. The molecule has 0 saturated heterocycles. The van der Waals surface area contributed by atoms with Crippen molar-refractivity contribution in [3.8, 4) is 5.75 Å². The maximum Gasteiger partial charge on any atom is 0.335 e. The van der Waals surface area contributed by atoms with Crippen LogP contribution in [0.25, 0.3) is 0 Å². The minimum atomic E-state index is -0.962. The number of carboxylic acid groups (broad SMARTS) is 1. The average Bonchev–Trinajstić information content (AvgIpc) is 1.96. The number of phenols is 1. The van der Waals surface area contributed by atoms with Gasteiger partial charge in [0.1, 0.15) is 5.75 Å². The number of rotatable bonds is 1. The molecule has 0 unspecified atom stereocenters. The van der Waals surface area contributed by atoms with E-state index in [0.717, 1.165) is 0 Å². The Morgan fingerprint density at radius 3 is 2.33 bits per heavy atom. The predicted octanol–water partition coefficient (Wildman–Crippen LogP) is 1.71. The number of carbonyl (C=O) groups is 1. The number of benzene rings is 1. The topological polar surface area (TPSA) is 57.5 Å². The highest BCUT2D eigenvalue weighted by Crippen LogP contribution is 2.20. The smallest absolute Gasteiger partial charge is 0.335 e. The molecular formula is C9H10O3. The largest absolute Gasteiger partial charge is 0.508 e. The summed E-state index contributed by atoms with van der Waals surface area (Å²) in [6, 6.07) is 2.92. The molecule has 0 bridgehead atoms. The van der Waals surface area contributed by atoms with Crippen molar-refractivity contribution in [1.82, 2.24) is 0 Å². The van der Waals surface area contributed by atoms with E-state index in [2.05, 4.69) is 0 Å². The number of phenolic OH excluding ortho intramolecular Hbond substituents is 1. The summed E-state index contributed by atoms with van der Waals surface area (Å²) >= 11 is 0. The maximum absolute atomic E-state index is 10.6. The van der Waals surface area contributed by atoms with E-state index in [1.165, 1.54) is 12.1 Å². The van der Waals surface area contributed by atoms with E-state index in [4.69, 9.17) is 5.11 Å². The minimum Gasteiger partial charge on any atom is -0.508 e. The van der Waals surface area contributed by atoms with Gasteiger partial charge in [0.05, 0.1) is 5.56 Å². The molecule has 0 atom stereocenters. The normalized spacial score (nSPS) is 9.83. The fraction of sp³-hybridized carbons (Fsp3) is 0.222. The first-order valence-corrected chi connectivity index (χ1v) is 3.56. The number of aryl methyl sites for hydroxylation is 2. The summed E-state index contributed by atoms with van der Waals surface area (Å²) in [6.07, 6.45) is 0. The van der Waals surface area contributed by atoms with Crippen LogP contribution >= 0.6 is 0 Å². The molecule has 64 valence electrons. The minimum absolute atomic E-state index is 0.137. The third-order valence-electron chi connectivity index (χ3n) is 1.77. The van der Waals surface area contributed by atoms with E-state index in [1.807, 2.05) is 0 Å². The summed E-state index contributed by atoms with van der Waals surface area (Å²) in [7, 11) is 0. The van der Waals surface area contributed by atoms with Gasteiger partial charge in [-0.15, -0.1) is 0 Å². The number of aromatic hydroxyl groups is 1. The van der Waals surface area contributed by atoms with Crippen LogP contribution in [0.2, 0.25) is 0 Å². The Bertz CT molecular complexity index is 329. The van der Waals surface area contributed by atoms with Crippen LogP contribution in [0.4, 0.5) is 0 Å². The summed E-state index contributed by atoms with van der Waals surface area (Å²) in [5, 5.41) is 17.9. The molecule has 0 amide bonds. The maximum atomic E-state index is 10.6. The Kier molecular flexibility index (Phi) is 2.04. The molecule has 3 nitrogen and oxygen atoms in total. The molecule has 1 rings (SSSR count). The molecule has 0 aliphatic carbocycles. The molecule has 0 spiro atoms. The molecule has 2 N–H and O–H groups in total. The summed E-state index contributed by atoms with van der Waals surface area (Å²) in [5.41, 5.74) is 1.40. The molecule has 1 aromatic carbocycles. The van der Waals surface area contributed by atoms with Crippen LogP contribution in [0.5, 0.6) is 5.75 Å². The standard InChI is InChI=1S/C9H10O3/c1-5-4-8(10)6(2)3-7(5)9(11)12/h3-4,10H,1-2H3,(H,11,12). The van der Waals surface area contributed by atoms with E-state index in [-0.39, 0.29) is 11.3 Å². The van der Waals surface area contributed by atoms with Crippen molar-refractivity contribution in [3.63, 3.8) is 0 Å². The van der Waals surface area contributed by atoms with Crippen LogP contribution in [0.15, 0.2) is 12.1 Å². The van der Waals surface area contributed by atoms with Gasteiger partial charge in [0.15, 0.2) is 0 Å². The monoisotopic (exact) mass is 166 g/mol. The van der Waals surface area contributed by atoms with Crippen molar-refractivity contribution >= 4 is 5.97 Å². The van der Waals surface area contributed by atoms with E-state index in [9.17, 15) is 9.90 Å². The van der Waals surface area contributed by atoms with E-state index < -0.39 is 5.97 Å². The summed E-state index contributed by atoms with van der Waals surface area (Å²) < 4.78 is 0. The Balaban J connectivity index is 3.33. The van der Waals surface area contributed by atoms with Crippen LogP contribution in [0.3, 0.4) is 0 Å². The quantitative estimate of drug-likeness (QED) is 0.667. The molecule has 3 heteroatoms. The lowest BCUT2D eigenvalue weighted by Crippen LogP contribution is -1.99. The van der Waals surface area contributed by atoms with Crippen molar-refractivity contribution in [3.05, 3.63) is 28.8 Å². The van der Waals surface area contributed by atoms with Crippen LogP contribution in [0, 0.1) is 13.8 Å². The first-order valence-electron chi connectivity index (χ1n) is 3.56. The van der Waals surface area contributed by atoms with Gasteiger partial charge in [-0.3, -0.25) is 0 Å². The number of hydrogen-bond acceptors (Lipinski definition) is 2. The van der Waals surface area contributed by atoms with Crippen molar-refractivity contribution in [2.24, 2.45) is 0 Å². The van der Waals surface area contributed by atoms with Gasteiger partial charge in [-0.2, -0.15) is 0 Å². The third-order valence-corrected chi connectivity index (χ3v) is 1.77. The van der Waals surface area contributed by atoms with Crippen LogP contribution in [0.1, 0.15) is 21.5 Å². The average molecular weight is 166 g/mol. The molecule has 0 aromatic heterocycles. The van der Waals surface area contributed by atoms with Crippen molar-refractivity contribution < 1.29 is 15.0 Å². The van der Waals surface area contributed by atoms with Gasteiger partial charge in [0, 0.05) is 0 Å². The van der Waals surface area contributed by atoms with Gasteiger partial charge in [-0.25, -0.2) is 4.79 Å². The van der Waals surface area contributed by atoms with E-state index >= 15 is 0 Å². The van der Waals surface area contributed by atoms with Gasteiger partial charge in [-0.1, -0.05) is 0 Å². The molecule has 0 aliphatic heterocycles. The second-order valence-corrected chi connectivity index (χ2v) is 2.76. The lowest BCUT2D eigenvalue weighted by atomic mass is 10.1. The summed E-state index contributed by atoms with van der Waals surface area (Å²) in [4.78, 5) is 10.6. The van der Waals surface area contributed by atoms with Crippen LogP contribution in [-0.2, 0) is 0 Å². The Morgan fingerprint density at radius 2 is 1.83 bits per heavy atom. The fourth-order valence-corrected chi connectivity index (χ4v) is 1.03. The van der Waals surface area contributed by atoms with E-state index in [1.54, 1.807) is 13.8 Å². The second-order valence-electron chi connectivity index (χ2n) is 2.76. The zero-order valence-electron chi connectivity index (χ0n) is 6.96. The van der Waals surface area contributed by atoms with Gasteiger partial charge < -0.3 is 10.2 Å². The highest BCUT2D eigenvalue weighted by Gasteiger charge is 2.08. The lowest BCUT2D eigenvalue weighted by Gasteiger charge is -2.03. The first-order chi connectivity index (χ1) is 5.52. The Morgan fingerprint density at radius 1 is 1.25 bits per heavy atom. The molecule has 0 aliphatic rings. The van der Waals surface area contributed by atoms with Gasteiger partial charge in [0.25, 0.3) is 0 Å². The molecule has 0 heterocycles. The highest BCUT2D eigenvalue weighted by atomic mass is 16.4. The number of carboxylic acids is 1. The molecule has 12 heavy (non-hydrogen) atoms. The molecule has 0 radical (unpaired) electrons. The molecular weight excluding hydrogens is 156 g/mol. The number of hydrogen-bond donors (Lipinski definition) is 2. The van der Waals surface area contributed by atoms with Gasteiger partial charge in [-0.05, 0) is 37.1 Å². The lowest BCUT2D eigenvalue weighted by molar-refractivity contribution is 0.0696. The van der Waals surface area contributed by atoms with Gasteiger partial charge in [0.2, 0.25) is 0 Å². The molecule has 0 fully saturated rings. The highest BCUT2D eigenvalue weighted by molar-refractivity contribution is 5.89. The van der Waals surface area contributed by atoms with Crippen LogP contribution < -0.4 is 0 Å².